The fraction of sp³-hybridized carbons (Fsp3) is 0.400. The molecular weight excluding hydrogens is 426 g/mol. The summed E-state index contributed by atoms with van der Waals surface area (Å²) in [7, 11) is 0. The molecule has 1 aliphatic heterocycles. The average molecular weight is 450 g/mol. The number of ether oxygens (including phenoxy) is 3. The summed E-state index contributed by atoms with van der Waals surface area (Å²) in [6.07, 6.45) is 1.52. The molecule has 0 unspecified atom stereocenters. The Labute approximate surface area is 173 Å². The minimum absolute atomic E-state index is 0.262. The number of carbonyl (C=O) groups excluding carboxylic acids is 1. The van der Waals surface area contributed by atoms with Gasteiger partial charge >= 0.3 is 0 Å². The normalized spacial score (nSPS) is 13.9. The molecule has 1 aromatic carbocycles. The summed E-state index contributed by atoms with van der Waals surface area (Å²) in [5, 5.41) is 2.92. The van der Waals surface area contributed by atoms with Gasteiger partial charge in [-0.3, -0.25) is 4.79 Å². The SMILES string of the molecule is CCOc1cc(N2CCOCC2)c(OCC)cc1NC(=O)c1ccc(Br)nc1. The van der Waals surface area contributed by atoms with Gasteiger partial charge in [0, 0.05) is 31.4 Å². The second-order valence-corrected chi connectivity index (χ2v) is 6.92. The van der Waals surface area contributed by atoms with Gasteiger partial charge in [-0.1, -0.05) is 0 Å². The van der Waals surface area contributed by atoms with Crippen LogP contribution in [0.2, 0.25) is 0 Å². The topological polar surface area (TPSA) is 72.9 Å². The molecule has 1 amide bonds. The summed E-state index contributed by atoms with van der Waals surface area (Å²) in [4.78, 5) is 19.0. The number of halogens is 1. The molecular formula is C20H24BrN3O4. The van der Waals surface area contributed by atoms with Gasteiger partial charge in [-0.15, -0.1) is 0 Å². The highest BCUT2D eigenvalue weighted by Crippen LogP contribution is 2.39. The molecule has 1 N–H and O–H groups in total. The van der Waals surface area contributed by atoms with Gasteiger partial charge in [0.15, 0.2) is 0 Å². The van der Waals surface area contributed by atoms with Crippen LogP contribution in [0.4, 0.5) is 11.4 Å². The Morgan fingerprint density at radius 3 is 2.54 bits per heavy atom. The molecule has 1 saturated heterocycles. The third kappa shape index (κ3) is 4.94. The molecule has 3 rings (SSSR count). The van der Waals surface area contributed by atoms with Gasteiger partial charge < -0.3 is 24.4 Å². The van der Waals surface area contributed by atoms with E-state index < -0.39 is 0 Å². The van der Waals surface area contributed by atoms with Crippen molar-refractivity contribution in [2.24, 2.45) is 0 Å². The van der Waals surface area contributed by atoms with Crippen LogP contribution in [0.5, 0.6) is 11.5 Å². The molecule has 0 aliphatic carbocycles. The van der Waals surface area contributed by atoms with Crippen LogP contribution < -0.4 is 19.7 Å². The van der Waals surface area contributed by atoms with Crippen molar-refractivity contribution in [3.63, 3.8) is 0 Å². The number of pyridine rings is 1. The summed E-state index contributed by atoms with van der Waals surface area (Å²) in [6.45, 7) is 7.76. The molecule has 8 heteroatoms. The first-order chi connectivity index (χ1) is 13.6. The van der Waals surface area contributed by atoms with Crippen LogP contribution >= 0.6 is 15.9 Å². The Morgan fingerprint density at radius 2 is 1.89 bits per heavy atom. The van der Waals surface area contributed by atoms with Gasteiger partial charge in [-0.05, 0) is 41.9 Å². The number of hydrogen-bond acceptors (Lipinski definition) is 6. The van der Waals surface area contributed by atoms with Crippen LogP contribution in [-0.4, -0.2) is 50.4 Å². The zero-order valence-electron chi connectivity index (χ0n) is 16.0. The molecule has 0 radical (unpaired) electrons. The molecule has 28 heavy (non-hydrogen) atoms. The first-order valence-corrected chi connectivity index (χ1v) is 10.1. The lowest BCUT2D eigenvalue weighted by atomic mass is 10.2. The highest BCUT2D eigenvalue weighted by molar-refractivity contribution is 9.10. The number of nitrogens with one attached hydrogen (secondary N) is 1. The molecule has 0 atom stereocenters. The van der Waals surface area contributed by atoms with E-state index in [1.807, 2.05) is 26.0 Å². The molecule has 0 saturated carbocycles. The van der Waals surface area contributed by atoms with E-state index in [0.717, 1.165) is 18.8 Å². The van der Waals surface area contributed by atoms with E-state index in [1.165, 1.54) is 6.20 Å². The van der Waals surface area contributed by atoms with Crippen LogP contribution in [-0.2, 0) is 4.74 Å². The third-order valence-electron chi connectivity index (χ3n) is 4.25. The molecule has 0 bridgehead atoms. The first kappa shape index (κ1) is 20.4. The fourth-order valence-corrected chi connectivity index (χ4v) is 3.18. The lowest BCUT2D eigenvalue weighted by Gasteiger charge is -2.31. The van der Waals surface area contributed by atoms with Crippen molar-refractivity contribution >= 4 is 33.2 Å². The quantitative estimate of drug-likeness (QED) is 0.649. The molecule has 2 aromatic rings. The number of morpholine rings is 1. The number of rotatable bonds is 7. The predicted octanol–water partition coefficient (Wildman–Crippen LogP) is 3.73. The van der Waals surface area contributed by atoms with E-state index in [1.54, 1.807) is 12.1 Å². The van der Waals surface area contributed by atoms with Gasteiger partial charge in [-0.25, -0.2) is 4.98 Å². The van der Waals surface area contributed by atoms with E-state index >= 15 is 0 Å². The standard InChI is InChI=1S/C20H24BrN3O4/c1-3-27-17-12-16(24-7-9-26-10-8-24)18(28-4-2)11-15(17)23-20(25)14-5-6-19(21)22-13-14/h5-6,11-13H,3-4,7-10H2,1-2H3,(H,23,25). The fourth-order valence-electron chi connectivity index (χ4n) is 2.95. The van der Waals surface area contributed by atoms with E-state index in [-0.39, 0.29) is 5.91 Å². The molecule has 0 spiro atoms. The Balaban J connectivity index is 1.93. The van der Waals surface area contributed by atoms with Crippen molar-refractivity contribution in [1.29, 1.82) is 0 Å². The summed E-state index contributed by atoms with van der Waals surface area (Å²) < 4.78 is 17.8. The van der Waals surface area contributed by atoms with E-state index in [4.69, 9.17) is 14.2 Å². The molecule has 7 nitrogen and oxygen atoms in total. The van der Waals surface area contributed by atoms with Crippen molar-refractivity contribution in [1.82, 2.24) is 4.98 Å². The highest BCUT2D eigenvalue weighted by Gasteiger charge is 2.20. The van der Waals surface area contributed by atoms with Crippen molar-refractivity contribution < 1.29 is 19.0 Å². The minimum Gasteiger partial charge on any atom is -0.492 e. The first-order valence-electron chi connectivity index (χ1n) is 9.31. The molecule has 150 valence electrons. The van der Waals surface area contributed by atoms with Gasteiger partial charge in [0.05, 0.1) is 43.4 Å². The highest BCUT2D eigenvalue weighted by atomic mass is 79.9. The molecule has 1 aromatic heterocycles. The zero-order chi connectivity index (χ0) is 19.9. The molecule has 1 aliphatic rings. The zero-order valence-corrected chi connectivity index (χ0v) is 17.6. The maximum absolute atomic E-state index is 12.6. The van der Waals surface area contributed by atoms with Gasteiger partial charge in [0.2, 0.25) is 0 Å². The number of aromatic nitrogens is 1. The lowest BCUT2D eigenvalue weighted by molar-refractivity contribution is 0.102. The van der Waals surface area contributed by atoms with Gasteiger partial charge in [0.25, 0.3) is 5.91 Å². The van der Waals surface area contributed by atoms with Crippen LogP contribution in [0.1, 0.15) is 24.2 Å². The predicted molar refractivity (Wildman–Crippen MR) is 112 cm³/mol. The Bertz CT molecular complexity index is 808. The van der Waals surface area contributed by atoms with Crippen molar-refractivity contribution in [2.75, 3.05) is 49.7 Å². The summed E-state index contributed by atoms with van der Waals surface area (Å²) in [5.41, 5.74) is 1.97. The van der Waals surface area contributed by atoms with Crippen LogP contribution in [0.3, 0.4) is 0 Å². The summed E-state index contributed by atoms with van der Waals surface area (Å²) >= 11 is 3.27. The van der Waals surface area contributed by atoms with Crippen LogP contribution in [0.25, 0.3) is 0 Å². The second-order valence-electron chi connectivity index (χ2n) is 6.11. The number of nitrogens with zero attached hydrogens (tertiary/aromatic N) is 2. The maximum Gasteiger partial charge on any atom is 0.257 e. The van der Waals surface area contributed by atoms with E-state index in [9.17, 15) is 4.79 Å². The minimum atomic E-state index is -0.262. The Morgan fingerprint density at radius 1 is 1.18 bits per heavy atom. The number of amides is 1. The van der Waals surface area contributed by atoms with E-state index in [0.29, 0.717) is 53.8 Å². The monoisotopic (exact) mass is 449 g/mol. The maximum atomic E-state index is 12.6. The van der Waals surface area contributed by atoms with Crippen molar-refractivity contribution in [2.45, 2.75) is 13.8 Å². The summed E-state index contributed by atoms with van der Waals surface area (Å²) in [5.74, 6) is 1.05. The molecule has 2 heterocycles. The summed E-state index contributed by atoms with van der Waals surface area (Å²) in [6, 6.07) is 7.18. The van der Waals surface area contributed by atoms with E-state index in [2.05, 4.69) is 31.1 Å². The van der Waals surface area contributed by atoms with Gasteiger partial charge in [-0.2, -0.15) is 0 Å². The van der Waals surface area contributed by atoms with Crippen LogP contribution in [0, 0.1) is 0 Å². The van der Waals surface area contributed by atoms with Crippen molar-refractivity contribution in [3.05, 3.63) is 40.6 Å². The van der Waals surface area contributed by atoms with Crippen LogP contribution in [0.15, 0.2) is 35.1 Å². The average Bonchev–Trinajstić information content (AvgIpc) is 2.71. The van der Waals surface area contributed by atoms with Crippen molar-refractivity contribution in [3.8, 4) is 11.5 Å². The largest absolute Gasteiger partial charge is 0.492 e. The Hall–Kier alpha value is -2.32. The van der Waals surface area contributed by atoms with Gasteiger partial charge in [0.1, 0.15) is 16.1 Å². The number of carbonyl (C=O) groups is 1. The third-order valence-corrected chi connectivity index (χ3v) is 4.72. The molecule has 1 fully saturated rings. The second kappa shape index (κ2) is 9.75. The lowest BCUT2D eigenvalue weighted by Crippen LogP contribution is -2.36. The number of anilines is 2. The Kier molecular flexibility index (Phi) is 7.11. The smallest absolute Gasteiger partial charge is 0.257 e. The number of hydrogen-bond donors (Lipinski definition) is 1. The number of benzene rings is 1.